The molecule has 0 unspecified atom stereocenters. The van der Waals surface area contributed by atoms with E-state index in [1.807, 2.05) is 0 Å². The van der Waals surface area contributed by atoms with Crippen molar-refractivity contribution < 1.29 is 9.47 Å². The van der Waals surface area contributed by atoms with Gasteiger partial charge in [-0.15, -0.1) is 0 Å². The van der Waals surface area contributed by atoms with Gasteiger partial charge in [-0.1, -0.05) is 60.7 Å². The summed E-state index contributed by atoms with van der Waals surface area (Å²) in [6, 6.07) is 21.5. The molecule has 1 aromatic heterocycles. The van der Waals surface area contributed by atoms with E-state index in [1.165, 1.54) is 33.6 Å². The summed E-state index contributed by atoms with van der Waals surface area (Å²) >= 11 is 0. The first-order chi connectivity index (χ1) is 15.4. The number of aromatic amines is 1. The Labute approximate surface area is 184 Å². The summed E-state index contributed by atoms with van der Waals surface area (Å²) in [6.07, 6.45) is 0. The van der Waals surface area contributed by atoms with Crippen LogP contribution in [-0.2, 0) is 22.6 Å². The van der Waals surface area contributed by atoms with E-state index in [1.54, 1.807) is 0 Å². The molecule has 0 saturated carbocycles. The normalized spacial score (nSPS) is 18.3. The largest absolute Gasteiger partial charge is 0.379 e. The van der Waals surface area contributed by atoms with E-state index >= 15 is 0 Å². The Morgan fingerprint density at radius 2 is 0.968 bits per heavy atom. The van der Waals surface area contributed by atoms with Crippen molar-refractivity contribution in [3.63, 3.8) is 0 Å². The van der Waals surface area contributed by atoms with Crippen LogP contribution < -0.4 is 0 Å². The summed E-state index contributed by atoms with van der Waals surface area (Å²) in [5.74, 6) is 0. The molecule has 2 aromatic carbocycles. The van der Waals surface area contributed by atoms with Crippen LogP contribution in [0.1, 0.15) is 11.1 Å². The summed E-state index contributed by atoms with van der Waals surface area (Å²) in [5.41, 5.74) is 7.81. The van der Waals surface area contributed by atoms with E-state index in [0.29, 0.717) is 0 Å². The summed E-state index contributed by atoms with van der Waals surface area (Å²) in [4.78, 5) is 8.90. The lowest BCUT2D eigenvalue weighted by molar-refractivity contribution is 0.0311. The molecule has 3 heterocycles. The number of H-pyrrole nitrogens is 1. The van der Waals surface area contributed by atoms with E-state index in [9.17, 15) is 0 Å². The molecule has 3 aromatic rings. The lowest BCUT2D eigenvalue weighted by atomic mass is 10.00. The third-order valence-electron chi connectivity index (χ3n) is 6.31. The highest BCUT2D eigenvalue weighted by molar-refractivity contribution is 5.75. The average Bonchev–Trinajstić information content (AvgIpc) is 3.19. The van der Waals surface area contributed by atoms with Gasteiger partial charge in [0.2, 0.25) is 0 Å². The Morgan fingerprint density at radius 1 is 0.581 bits per heavy atom. The van der Waals surface area contributed by atoms with Crippen molar-refractivity contribution in [2.45, 2.75) is 13.1 Å². The first-order valence-corrected chi connectivity index (χ1v) is 11.3. The maximum atomic E-state index is 5.61. The highest BCUT2D eigenvalue weighted by Crippen LogP contribution is 2.36. The predicted molar refractivity (Wildman–Crippen MR) is 124 cm³/mol. The van der Waals surface area contributed by atoms with Crippen molar-refractivity contribution in [1.82, 2.24) is 14.8 Å². The van der Waals surface area contributed by atoms with Crippen LogP contribution in [0.2, 0.25) is 0 Å². The minimum Gasteiger partial charge on any atom is -0.379 e. The minimum atomic E-state index is 0.815. The maximum Gasteiger partial charge on any atom is 0.0594 e. The van der Waals surface area contributed by atoms with Crippen LogP contribution in [0.3, 0.4) is 0 Å². The van der Waals surface area contributed by atoms with Gasteiger partial charge in [0.05, 0.1) is 37.8 Å². The van der Waals surface area contributed by atoms with Crippen LogP contribution in [0.4, 0.5) is 0 Å². The van der Waals surface area contributed by atoms with Crippen molar-refractivity contribution >= 4 is 0 Å². The Hall–Kier alpha value is -2.44. The molecule has 0 atom stereocenters. The molecule has 5 heteroatoms. The third kappa shape index (κ3) is 4.75. The Bertz CT molecular complexity index is 881. The molecular weight excluding hydrogens is 386 g/mol. The Balaban J connectivity index is 1.60. The van der Waals surface area contributed by atoms with Gasteiger partial charge >= 0.3 is 0 Å². The van der Waals surface area contributed by atoms with Gasteiger partial charge < -0.3 is 14.5 Å². The zero-order chi connectivity index (χ0) is 20.9. The highest BCUT2D eigenvalue weighted by Gasteiger charge is 2.24. The molecule has 2 aliphatic rings. The SMILES string of the molecule is c1ccc(-c2[nH]c(-c3ccccc3)c(CN3CCOCC3)c2CN2CCOCC2)cc1. The lowest BCUT2D eigenvalue weighted by Gasteiger charge is -2.29. The van der Waals surface area contributed by atoms with Crippen molar-refractivity contribution in [3.8, 4) is 22.5 Å². The summed E-state index contributed by atoms with van der Waals surface area (Å²) in [6.45, 7) is 9.07. The van der Waals surface area contributed by atoms with Gasteiger partial charge in [-0.2, -0.15) is 0 Å². The molecule has 0 spiro atoms. The fourth-order valence-corrected chi connectivity index (χ4v) is 4.59. The first kappa shape index (κ1) is 20.5. The summed E-state index contributed by atoms with van der Waals surface area (Å²) in [5, 5.41) is 0. The molecule has 2 fully saturated rings. The van der Waals surface area contributed by atoms with Crippen molar-refractivity contribution in [2.75, 3.05) is 52.6 Å². The zero-order valence-electron chi connectivity index (χ0n) is 18.1. The second-order valence-electron chi connectivity index (χ2n) is 8.34. The molecule has 0 amide bonds. The third-order valence-corrected chi connectivity index (χ3v) is 6.31. The smallest absolute Gasteiger partial charge is 0.0594 e. The van der Waals surface area contributed by atoms with Crippen LogP contribution in [-0.4, -0.2) is 67.4 Å². The van der Waals surface area contributed by atoms with Crippen LogP contribution in [0, 0.1) is 0 Å². The zero-order valence-corrected chi connectivity index (χ0v) is 18.1. The van der Waals surface area contributed by atoms with Gasteiger partial charge in [0, 0.05) is 39.3 Å². The van der Waals surface area contributed by atoms with Crippen LogP contribution in [0.25, 0.3) is 22.5 Å². The molecule has 0 bridgehead atoms. The molecule has 5 rings (SSSR count). The van der Waals surface area contributed by atoms with E-state index in [-0.39, 0.29) is 0 Å². The Kier molecular flexibility index (Phi) is 6.46. The molecule has 2 saturated heterocycles. The van der Waals surface area contributed by atoms with Crippen LogP contribution in [0.5, 0.6) is 0 Å². The van der Waals surface area contributed by atoms with Crippen molar-refractivity contribution in [1.29, 1.82) is 0 Å². The second-order valence-corrected chi connectivity index (χ2v) is 8.34. The van der Waals surface area contributed by atoms with Crippen LogP contribution >= 0.6 is 0 Å². The number of hydrogen-bond acceptors (Lipinski definition) is 4. The van der Waals surface area contributed by atoms with E-state index in [0.717, 1.165) is 65.7 Å². The Morgan fingerprint density at radius 3 is 1.35 bits per heavy atom. The predicted octanol–water partition coefficient (Wildman–Crippen LogP) is 4.01. The summed E-state index contributed by atoms with van der Waals surface area (Å²) in [7, 11) is 0. The van der Waals surface area contributed by atoms with Crippen molar-refractivity contribution in [2.24, 2.45) is 0 Å². The number of nitrogens with one attached hydrogen (secondary N) is 1. The van der Waals surface area contributed by atoms with Gasteiger partial charge in [0.1, 0.15) is 0 Å². The fourth-order valence-electron chi connectivity index (χ4n) is 4.59. The average molecular weight is 418 g/mol. The molecule has 0 radical (unpaired) electrons. The number of rotatable bonds is 6. The standard InChI is InChI=1S/C26H31N3O2/c1-3-7-21(8-4-1)25-23(19-28-11-15-30-16-12-28)24(20-29-13-17-31-18-14-29)26(27-25)22-9-5-2-6-10-22/h1-10,27H,11-20H2. The number of nitrogens with zero attached hydrogens (tertiary/aromatic N) is 2. The monoisotopic (exact) mass is 417 g/mol. The lowest BCUT2D eigenvalue weighted by Crippen LogP contribution is -2.37. The minimum absolute atomic E-state index is 0.815. The molecule has 2 aliphatic heterocycles. The summed E-state index contributed by atoms with van der Waals surface area (Å²) < 4.78 is 11.2. The quantitative estimate of drug-likeness (QED) is 0.658. The topological polar surface area (TPSA) is 40.7 Å². The molecule has 1 N–H and O–H groups in total. The number of hydrogen-bond donors (Lipinski definition) is 1. The van der Waals surface area contributed by atoms with Gasteiger partial charge in [-0.05, 0) is 22.3 Å². The molecule has 162 valence electrons. The van der Waals surface area contributed by atoms with E-state index in [4.69, 9.17) is 9.47 Å². The maximum absolute atomic E-state index is 5.61. The molecular formula is C26H31N3O2. The first-order valence-electron chi connectivity index (χ1n) is 11.3. The molecule has 31 heavy (non-hydrogen) atoms. The highest BCUT2D eigenvalue weighted by atomic mass is 16.5. The van der Waals surface area contributed by atoms with E-state index in [2.05, 4.69) is 75.4 Å². The van der Waals surface area contributed by atoms with Crippen molar-refractivity contribution in [3.05, 3.63) is 71.8 Å². The van der Waals surface area contributed by atoms with Gasteiger partial charge in [0.15, 0.2) is 0 Å². The van der Waals surface area contributed by atoms with Gasteiger partial charge in [0.25, 0.3) is 0 Å². The number of morpholine rings is 2. The van der Waals surface area contributed by atoms with E-state index < -0.39 is 0 Å². The van der Waals surface area contributed by atoms with Crippen LogP contribution in [0.15, 0.2) is 60.7 Å². The fraction of sp³-hybridized carbons (Fsp3) is 0.385. The number of benzene rings is 2. The molecule has 0 aliphatic carbocycles. The van der Waals surface area contributed by atoms with Gasteiger partial charge in [-0.3, -0.25) is 9.80 Å². The second kappa shape index (κ2) is 9.79. The molecule has 5 nitrogen and oxygen atoms in total. The van der Waals surface area contributed by atoms with Gasteiger partial charge in [-0.25, -0.2) is 0 Å². The number of ether oxygens (including phenoxy) is 2. The number of aromatic nitrogens is 1.